The van der Waals surface area contributed by atoms with E-state index in [2.05, 4.69) is 53.2 Å². The summed E-state index contributed by atoms with van der Waals surface area (Å²) in [5.74, 6) is 2.02. The van der Waals surface area contributed by atoms with Crippen LogP contribution in [0.1, 0.15) is 38.7 Å². The first kappa shape index (κ1) is 25.2. The molecular formula is C23H39IN4O2. The number of aliphatic imine (C=N–C) groups is 1. The molecule has 6 nitrogen and oxygen atoms in total. The van der Waals surface area contributed by atoms with Crippen molar-refractivity contribution in [3.05, 3.63) is 29.8 Å². The zero-order valence-corrected chi connectivity index (χ0v) is 21.0. The van der Waals surface area contributed by atoms with Gasteiger partial charge in [0, 0.05) is 45.3 Å². The Labute approximate surface area is 199 Å². The number of morpholine rings is 1. The quantitative estimate of drug-likeness (QED) is 0.230. The predicted molar refractivity (Wildman–Crippen MR) is 134 cm³/mol. The number of nitrogens with one attached hydrogen (secondary N) is 1. The van der Waals surface area contributed by atoms with Gasteiger partial charge in [0.2, 0.25) is 0 Å². The Bertz CT molecular complexity index is 620. The summed E-state index contributed by atoms with van der Waals surface area (Å²) in [6.45, 7) is 12.8. The van der Waals surface area contributed by atoms with Crippen molar-refractivity contribution in [2.75, 3.05) is 59.1 Å². The molecule has 2 saturated heterocycles. The van der Waals surface area contributed by atoms with Gasteiger partial charge < -0.3 is 19.7 Å². The van der Waals surface area contributed by atoms with Gasteiger partial charge in [0.25, 0.3) is 0 Å². The van der Waals surface area contributed by atoms with Crippen molar-refractivity contribution < 1.29 is 9.47 Å². The molecule has 1 aromatic rings. The maximum Gasteiger partial charge on any atom is 0.193 e. The molecule has 1 unspecified atom stereocenters. The highest BCUT2D eigenvalue weighted by molar-refractivity contribution is 14.0. The van der Waals surface area contributed by atoms with Gasteiger partial charge in [0.05, 0.1) is 19.8 Å². The van der Waals surface area contributed by atoms with Crippen LogP contribution >= 0.6 is 24.0 Å². The van der Waals surface area contributed by atoms with Crippen LogP contribution in [0.5, 0.6) is 5.75 Å². The van der Waals surface area contributed by atoms with Crippen LogP contribution in [0.15, 0.2) is 29.3 Å². The Kier molecular flexibility index (Phi) is 11.8. The first-order valence-electron chi connectivity index (χ1n) is 11.4. The average Bonchev–Trinajstić information content (AvgIpc) is 3.25. The second-order valence-electron chi connectivity index (χ2n) is 7.87. The summed E-state index contributed by atoms with van der Waals surface area (Å²) >= 11 is 0. The fourth-order valence-corrected chi connectivity index (χ4v) is 3.98. The molecule has 0 amide bonds. The van der Waals surface area contributed by atoms with E-state index in [4.69, 9.17) is 14.5 Å². The van der Waals surface area contributed by atoms with Gasteiger partial charge in [-0.3, -0.25) is 9.89 Å². The second kappa shape index (κ2) is 14.1. The number of halogens is 1. The van der Waals surface area contributed by atoms with E-state index in [-0.39, 0.29) is 24.0 Å². The van der Waals surface area contributed by atoms with Crippen LogP contribution in [-0.2, 0) is 11.2 Å². The summed E-state index contributed by atoms with van der Waals surface area (Å²) in [6.07, 6.45) is 4.43. The number of ether oxygens (including phenoxy) is 2. The van der Waals surface area contributed by atoms with E-state index in [1.807, 2.05) is 0 Å². The van der Waals surface area contributed by atoms with Crippen molar-refractivity contribution >= 4 is 29.9 Å². The molecule has 1 atom stereocenters. The van der Waals surface area contributed by atoms with Gasteiger partial charge in [-0.25, -0.2) is 0 Å². The highest BCUT2D eigenvalue weighted by atomic mass is 127. The minimum atomic E-state index is 0. The number of guanidine groups is 1. The van der Waals surface area contributed by atoms with Gasteiger partial charge in [-0.05, 0) is 43.9 Å². The van der Waals surface area contributed by atoms with E-state index in [1.165, 1.54) is 12.0 Å². The summed E-state index contributed by atoms with van der Waals surface area (Å²) in [7, 11) is 0. The zero-order chi connectivity index (χ0) is 20.3. The molecule has 170 valence electrons. The largest absolute Gasteiger partial charge is 0.494 e. The van der Waals surface area contributed by atoms with Crippen molar-refractivity contribution in [1.29, 1.82) is 0 Å². The van der Waals surface area contributed by atoms with Gasteiger partial charge >= 0.3 is 0 Å². The summed E-state index contributed by atoms with van der Waals surface area (Å²) in [5, 5.41) is 3.48. The SMILES string of the molecule is CCCCOc1ccc(CCN=C(NCC)N2CCC(N3CCOCC3)C2)cc1.I. The predicted octanol–water partition coefficient (Wildman–Crippen LogP) is 3.40. The van der Waals surface area contributed by atoms with Gasteiger partial charge in [0.15, 0.2) is 5.96 Å². The van der Waals surface area contributed by atoms with Crippen LogP contribution in [0.4, 0.5) is 0 Å². The van der Waals surface area contributed by atoms with Crippen molar-refractivity contribution in [1.82, 2.24) is 15.1 Å². The number of hydrogen-bond donors (Lipinski definition) is 1. The van der Waals surface area contributed by atoms with Crippen molar-refractivity contribution in [2.45, 2.75) is 45.6 Å². The molecule has 0 bridgehead atoms. The van der Waals surface area contributed by atoms with E-state index in [0.717, 1.165) is 90.1 Å². The van der Waals surface area contributed by atoms with E-state index in [0.29, 0.717) is 6.04 Å². The summed E-state index contributed by atoms with van der Waals surface area (Å²) < 4.78 is 11.2. The highest BCUT2D eigenvalue weighted by Crippen LogP contribution is 2.17. The number of nitrogens with zero attached hydrogens (tertiary/aromatic N) is 3. The van der Waals surface area contributed by atoms with Crippen LogP contribution in [0.2, 0.25) is 0 Å². The maximum atomic E-state index is 5.75. The third kappa shape index (κ3) is 7.89. The molecule has 30 heavy (non-hydrogen) atoms. The van der Waals surface area contributed by atoms with Crippen molar-refractivity contribution in [3.8, 4) is 5.75 Å². The lowest BCUT2D eigenvalue weighted by Crippen LogP contribution is -2.46. The number of hydrogen-bond acceptors (Lipinski definition) is 4. The number of likely N-dealkylation sites (tertiary alicyclic amines) is 1. The normalized spacial score (nSPS) is 20.1. The Morgan fingerprint density at radius 3 is 2.63 bits per heavy atom. The molecule has 2 heterocycles. The maximum absolute atomic E-state index is 5.75. The topological polar surface area (TPSA) is 49.3 Å². The smallest absolute Gasteiger partial charge is 0.193 e. The number of rotatable bonds is 9. The Hall–Kier alpha value is -1.06. The van der Waals surface area contributed by atoms with Crippen LogP contribution in [0, 0.1) is 0 Å². The fraction of sp³-hybridized carbons (Fsp3) is 0.696. The molecule has 2 aliphatic rings. The summed E-state index contributed by atoms with van der Waals surface area (Å²) in [6, 6.07) is 9.10. The van der Waals surface area contributed by atoms with Gasteiger partial charge in [-0.15, -0.1) is 24.0 Å². The molecule has 0 saturated carbocycles. The van der Waals surface area contributed by atoms with Gasteiger partial charge in [0.1, 0.15) is 5.75 Å². The molecule has 2 fully saturated rings. The Morgan fingerprint density at radius 1 is 1.17 bits per heavy atom. The molecule has 1 N–H and O–H groups in total. The van der Waals surface area contributed by atoms with Crippen LogP contribution in [-0.4, -0.2) is 80.9 Å². The van der Waals surface area contributed by atoms with Crippen molar-refractivity contribution in [3.63, 3.8) is 0 Å². The fourth-order valence-electron chi connectivity index (χ4n) is 3.98. The Balaban J connectivity index is 0.00000320. The lowest BCUT2D eigenvalue weighted by atomic mass is 10.1. The van der Waals surface area contributed by atoms with Crippen molar-refractivity contribution in [2.24, 2.45) is 4.99 Å². The first-order chi connectivity index (χ1) is 14.3. The lowest BCUT2D eigenvalue weighted by molar-refractivity contribution is 0.0195. The van der Waals surface area contributed by atoms with Crippen LogP contribution < -0.4 is 10.1 Å². The molecule has 0 spiro atoms. The first-order valence-corrected chi connectivity index (χ1v) is 11.4. The molecule has 2 aliphatic heterocycles. The van der Waals surface area contributed by atoms with E-state index >= 15 is 0 Å². The van der Waals surface area contributed by atoms with E-state index < -0.39 is 0 Å². The molecule has 7 heteroatoms. The van der Waals surface area contributed by atoms with E-state index in [9.17, 15) is 0 Å². The third-order valence-corrected chi connectivity index (χ3v) is 5.71. The van der Waals surface area contributed by atoms with Crippen LogP contribution in [0.25, 0.3) is 0 Å². The third-order valence-electron chi connectivity index (χ3n) is 5.71. The minimum Gasteiger partial charge on any atom is -0.494 e. The average molecular weight is 530 g/mol. The number of benzene rings is 1. The van der Waals surface area contributed by atoms with Crippen LogP contribution in [0.3, 0.4) is 0 Å². The molecule has 1 aromatic carbocycles. The van der Waals surface area contributed by atoms with Gasteiger partial charge in [-0.1, -0.05) is 25.5 Å². The standard InChI is InChI=1S/C23H38N4O2.HI/c1-3-5-16-29-22-8-6-20(7-9-22)10-12-25-23(24-4-2)27-13-11-21(19-27)26-14-17-28-18-15-26;/h6-9,21H,3-5,10-19H2,1-2H3,(H,24,25);1H. The summed E-state index contributed by atoms with van der Waals surface area (Å²) in [5.41, 5.74) is 1.31. The minimum absolute atomic E-state index is 0. The monoisotopic (exact) mass is 530 g/mol. The van der Waals surface area contributed by atoms with E-state index in [1.54, 1.807) is 0 Å². The number of unbranched alkanes of at least 4 members (excludes halogenated alkanes) is 1. The van der Waals surface area contributed by atoms with Gasteiger partial charge in [-0.2, -0.15) is 0 Å². The summed E-state index contributed by atoms with van der Waals surface area (Å²) in [4.78, 5) is 9.92. The second-order valence-corrected chi connectivity index (χ2v) is 7.87. The lowest BCUT2D eigenvalue weighted by Gasteiger charge is -2.32. The molecule has 0 aromatic heterocycles. The Morgan fingerprint density at radius 2 is 1.93 bits per heavy atom. The molecule has 3 rings (SSSR count). The molecule has 0 aliphatic carbocycles. The molecule has 0 radical (unpaired) electrons. The highest BCUT2D eigenvalue weighted by Gasteiger charge is 2.30. The zero-order valence-electron chi connectivity index (χ0n) is 18.6. The molecular weight excluding hydrogens is 491 g/mol.